The molecule has 0 saturated carbocycles. The molecule has 6 aromatic rings. The van der Waals surface area contributed by atoms with Gasteiger partial charge in [0.1, 0.15) is 0 Å². The summed E-state index contributed by atoms with van der Waals surface area (Å²) in [6.07, 6.45) is 8.68. The van der Waals surface area contributed by atoms with Gasteiger partial charge in [-0.1, -0.05) is 18.2 Å². The van der Waals surface area contributed by atoms with Crippen molar-refractivity contribution in [3.8, 4) is 22.8 Å². The first kappa shape index (κ1) is 21.4. The Kier molecular flexibility index (Phi) is 5.11. The number of methoxy groups -OCH3 is 1. The van der Waals surface area contributed by atoms with Crippen LogP contribution >= 0.6 is 0 Å². The molecule has 5 aromatic heterocycles. The van der Waals surface area contributed by atoms with Crippen molar-refractivity contribution in [2.24, 2.45) is 0 Å². The lowest BCUT2D eigenvalue weighted by molar-refractivity contribution is 0.102. The fourth-order valence-corrected chi connectivity index (χ4v) is 4.08. The summed E-state index contributed by atoms with van der Waals surface area (Å²) in [6.45, 7) is 1.91. The van der Waals surface area contributed by atoms with Crippen LogP contribution in [0.3, 0.4) is 0 Å². The highest BCUT2D eigenvalue weighted by atomic mass is 16.5. The lowest BCUT2D eigenvalue weighted by Gasteiger charge is -2.12. The lowest BCUT2D eigenvalue weighted by Crippen LogP contribution is -2.12. The second kappa shape index (κ2) is 8.58. The normalized spacial score (nSPS) is 11.2. The van der Waals surface area contributed by atoms with Crippen LogP contribution in [0.2, 0.25) is 0 Å². The van der Waals surface area contributed by atoms with Gasteiger partial charge in [-0.3, -0.25) is 9.78 Å². The third-order valence-corrected chi connectivity index (χ3v) is 5.85. The molecule has 10 nitrogen and oxygen atoms in total. The van der Waals surface area contributed by atoms with Crippen LogP contribution in [0, 0.1) is 6.92 Å². The summed E-state index contributed by atoms with van der Waals surface area (Å²) in [4.78, 5) is 26.2. The highest BCUT2D eigenvalue weighted by Gasteiger charge is 2.18. The van der Waals surface area contributed by atoms with Crippen molar-refractivity contribution in [3.05, 3.63) is 90.8 Å². The molecule has 0 atom stereocenters. The third kappa shape index (κ3) is 3.61. The Hall–Kier alpha value is -5.12. The molecule has 1 aromatic carbocycles. The molecule has 0 aliphatic carbocycles. The van der Waals surface area contributed by atoms with E-state index in [1.54, 1.807) is 59.3 Å². The van der Waals surface area contributed by atoms with Crippen LogP contribution in [0.25, 0.3) is 33.6 Å². The SMILES string of the molecule is COc1cc(NC(=O)c2ccccc2)cnc1-n1nc(C)c2cnc(-c3cnn4cccnc34)cc21. The average Bonchev–Trinajstić information content (AvgIpc) is 3.50. The molecule has 0 unspecified atom stereocenters. The van der Waals surface area contributed by atoms with E-state index in [0.29, 0.717) is 34.2 Å². The average molecular weight is 477 g/mol. The first-order chi connectivity index (χ1) is 17.6. The minimum absolute atomic E-state index is 0.231. The van der Waals surface area contributed by atoms with Crippen LogP contribution in [0.4, 0.5) is 5.69 Å². The summed E-state index contributed by atoms with van der Waals surface area (Å²) in [5, 5.41) is 12.8. The highest BCUT2D eigenvalue weighted by Crippen LogP contribution is 2.31. The maximum Gasteiger partial charge on any atom is 0.255 e. The zero-order valence-electron chi connectivity index (χ0n) is 19.5. The quantitative estimate of drug-likeness (QED) is 0.399. The fraction of sp³-hybridized carbons (Fsp3) is 0.0769. The van der Waals surface area contributed by atoms with E-state index in [4.69, 9.17) is 9.84 Å². The number of carbonyl (C=O) groups is 1. The smallest absolute Gasteiger partial charge is 0.255 e. The maximum atomic E-state index is 12.6. The Morgan fingerprint density at radius 3 is 2.69 bits per heavy atom. The molecule has 0 saturated heterocycles. The van der Waals surface area contributed by atoms with Gasteiger partial charge in [0.25, 0.3) is 5.91 Å². The number of anilines is 1. The zero-order chi connectivity index (χ0) is 24.6. The second-order valence-corrected chi connectivity index (χ2v) is 8.10. The predicted octanol–water partition coefficient (Wildman–Crippen LogP) is 4.09. The number of benzene rings is 1. The number of nitrogens with one attached hydrogen (secondary N) is 1. The molecular weight excluding hydrogens is 456 g/mol. The Morgan fingerprint density at radius 1 is 1.00 bits per heavy atom. The van der Waals surface area contributed by atoms with E-state index < -0.39 is 0 Å². The summed E-state index contributed by atoms with van der Waals surface area (Å²) >= 11 is 0. The van der Waals surface area contributed by atoms with Crippen molar-refractivity contribution in [1.29, 1.82) is 0 Å². The number of pyridine rings is 2. The maximum absolute atomic E-state index is 12.6. The molecule has 0 aliphatic rings. The van der Waals surface area contributed by atoms with Gasteiger partial charge < -0.3 is 10.1 Å². The summed E-state index contributed by atoms with van der Waals surface area (Å²) < 4.78 is 9.06. The molecule has 0 fully saturated rings. The van der Waals surface area contributed by atoms with E-state index in [9.17, 15) is 4.79 Å². The van der Waals surface area contributed by atoms with Gasteiger partial charge in [-0.15, -0.1) is 0 Å². The number of aryl methyl sites for hydroxylation is 1. The molecule has 0 spiro atoms. The lowest BCUT2D eigenvalue weighted by atomic mass is 10.2. The van der Waals surface area contributed by atoms with Gasteiger partial charge in [-0.05, 0) is 31.2 Å². The van der Waals surface area contributed by atoms with Gasteiger partial charge in [0.05, 0.1) is 47.7 Å². The number of fused-ring (bicyclic) bond motifs is 2. The number of hydrogen-bond acceptors (Lipinski definition) is 7. The second-order valence-electron chi connectivity index (χ2n) is 8.10. The number of amides is 1. The number of rotatable bonds is 5. The zero-order valence-corrected chi connectivity index (χ0v) is 19.5. The molecule has 36 heavy (non-hydrogen) atoms. The molecule has 0 radical (unpaired) electrons. The topological polar surface area (TPSA) is 112 Å². The number of hydrogen-bond donors (Lipinski definition) is 1. The van der Waals surface area contributed by atoms with Crippen LogP contribution in [0.5, 0.6) is 5.75 Å². The largest absolute Gasteiger partial charge is 0.493 e. The van der Waals surface area contributed by atoms with Crippen molar-refractivity contribution >= 4 is 28.1 Å². The van der Waals surface area contributed by atoms with Gasteiger partial charge in [-0.2, -0.15) is 10.2 Å². The van der Waals surface area contributed by atoms with E-state index in [2.05, 4.69) is 25.4 Å². The molecule has 0 bridgehead atoms. The molecule has 10 heteroatoms. The van der Waals surface area contributed by atoms with Crippen molar-refractivity contribution in [1.82, 2.24) is 34.3 Å². The molecule has 0 aliphatic heterocycles. The Morgan fingerprint density at radius 2 is 1.86 bits per heavy atom. The van der Waals surface area contributed by atoms with E-state index in [0.717, 1.165) is 22.2 Å². The van der Waals surface area contributed by atoms with Crippen molar-refractivity contribution in [3.63, 3.8) is 0 Å². The van der Waals surface area contributed by atoms with Gasteiger partial charge in [-0.25, -0.2) is 19.2 Å². The van der Waals surface area contributed by atoms with Crippen LogP contribution < -0.4 is 10.1 Å². The molecule has 1 amide bonds. The van der Waals surface area contributed by atoms with E-state index in [-0.39, 0.29) is 5.91 Å². The van der Waals surface area contributed by atoms with Gasteiger partial charge in [0.15, 0.2) is 17.2 Å². The standard InChI is InChI=1S/C26H20N8O2/c1-16-19-14-28-21(20-15-30-33-10-6-9-27-24(20)33)12-22(19)34(32-16)25-23(36-2)11-18(13-29-25)31-26(35)17-7-4-3-5-8-17/h3-15H,1-2H3,(H,31,35). The summed E-state index contributed by atoms with van der Waals surface area (Å²) in [5.41, 5.74) is 4.90. The molecule has 5 heterocycles. The number of aromatic nitrogens is 7. The Labute approximate surface area is 205 Å². The van der Waals surface area contributed by atoms with E-state index in [1.807, 2.05) is 43.5 Å². The van der Waals surface area contributed by atoms with E-state index in [1.165, 1.54) is 0 Å². The first-order valence-electron chi connectivity index (χ1n) is 11.2. The number of nitrogens with zero attached hydrogens (tertiary/aromatic N) is 7. The van der Waals surface area contributed by atoms with Gasteiger partial charge >= 0.3 is 0 Å². The predicted molar refractivity (Wildman–Crippen MR) is 134 cm³/mol. The minimum Gasteiger partial charge on any atom is -0.493 e. The Bertz CT molecular complexity index is 1740. The Balaban J connectivity index is 1.41. The van der Waals surface area contributed by atoms with Crippen LogP contribution in [-0.2, 0) is 0 Å². The molecule has 6 rings (SSSR count). The van der Waals surface area contributed by atoms with Gasteiger partial charge in [0.2, 0.25) is 0 Å². The number of carbonyl (C=O) groups excluding carboxylic acids is 1. The summed E-state index contributed by atoms with van der Waals surface area (Å²) in [5.74, 6) is 0.718. The summed E-state index contributed by atoms with van der Waals surface area (Å²) in [7, 11) is 1.56. The third-order valence-electron chi connectivity index (χ3n) is 5.85. The van der Waals surface area contributed by atoms with E-state index >= 15 is 0 Å². The highest BCUT2D eigenvalue weighted by molar-refractivity contribution is 6.04. The van der Waals surface area contributed by atoms with Crippen LogP contribution in [0.1, 0.15) is 16.1 Å². The molecule has 1 N–H and O–H groups in total. The molecule has 176 valence electrons. The minimum atomic E-state index is -0.231. The van der Waals surface area contributed by atoms with Crippen LogP contribution in [0.15, 0.2) is 79.5 Å². The number of ether oxygens (including phenoxy) is 1. The monoisotopic (exact) mass is 476 g/mol. The van der Waals surface area contributed by atoms with Crippen LogP contribution in [-0.4, -0.2) is 47.4 Å². The van der Waals surface area contributed by atoms with Gasteiger partial charge in [0, 0.05) is 35.6 Å². The van der Waals surface area contributed by atoms with Crippen molar-refractivity contribution < 1.29 is 9.53 Å². The first-order valence-corrected chi connectivity index (χ1v) is 11.2. The van der Waals surface area contributed by atoms with Crippen molar-refractivity contribution in [2.45, 2.75) is 6.92 Å². The fourth-order valence-electron chi connectivity index (χ4n) is 4.08. The van der Waals surface area contributed by atoms with Crippen molar-refractivity contribution in [2.75, 3.05) is 12.4 Å². The summed E-state index contributed by atoms with van der Waals surface area (Å²) in [6, 6.07) is 14.5. The molecular formula is C26H20N8O2.